The molecule has 132 valence electrons. The van der Waals surface area contributed by atoms with Crippen molar-refractivity contribution in [2.45, 2.75) is 12.3 Å². The highest BCUT2D eigenvalue weighted by Gasteiger charge is 2.35. The molecule has 2 heterocycles. The summed E-state index contributed by atoms with van der Waals surface area (Å²) in [7, 11) is 1.60. The van der Waals surface area contributed by atoms with Crippen LogP contribution in [-0.2, 0) is 4.79 Å². The molecule has 1 aliphatic heterocycles. The number of hydrogen-bond acceptors (Lipinski definition) is 5. The number of halogens is 1. The van der Waals surface area contributed by atoms with Gasteiger partial charge in [0.1, 0.15) is 11.6 Å². The molecule has 1 atom stereocenters. The summed E-state index contributed by atoms with van der Waals surface area (Å²) in [6.45, 7) is 0.454. The van der Waals surface area contributed by atoms with E-state index in [2.05, 4.69) is 10.1 Å². The van der Waals surface area contributed by atoms with Crippen LogP contribution in [0.15, 0.2) is 53.1 Å². The van der Waals surface area contributed by atoms with Gasteiger partial charge in [-0.25, -0.2) is 4.39 Å². The number of ether oxygens (including phenoxy) is 1. The molecular formula is C19H16FN3O3. The number of rotatable bonds is 4. The highest BCUT2D eigenvalue weighted by molar-refractivity contribution is 5.96. The SMILES string of the molecule is COc1ccc(N2CC(c3nc(-c4cccc(F)c4)no3)CC2=O)cc1. The van der Waals surface area contributed by atoms with E-state index in [-0.39, 0.29) is 24.1 Å². The molecule has 1 saturated heterocycles. The third kappa shape index (κ3) is 3.03. The molecule has 1 unspecified atom stereocenters. The summed E-state index contributed by atoms with van der Waals surface area (Å²) in [5, 5.41) is 3.92. The van der Waals surface area contributed by atoms with Crippen LogP contribution in [0.3, 0.4) is 0 Å². The summed E-state index contributed by atoms with van der Waals surface area (Å²) in [4.78, 5) is 18.4. The van der Waals surface area contributed by atoms with Crippen molar-refractivity contribution in [3.63, 3.8) is 0 Å². The fourth-order valence-electron chi connectivity index (χ4n) is 3.03. The number of methoxy groups -OCH3 is 1. The van der Waals surface area contributed by atoms with Crippen molar-refractivity contribution in [3.05, 3.63) is 60.2 Å². The molecule has 0 N–H and O–H groups in total. The summed E-state index contributed by atoms with van der Waals surface area (Å²) in [6.07, 6.45) is 0.289. The summed E-state index contributed by atoms with van der Waals surface area (Å²) < 4.78 is 23.8. The first-order valence-electron chi connectivity index (χ1n) is 8.18. The average Bonchev–Trinajstić information content (AvgIpc) is 3.29. The van der Waals surface area contributed by atoms with E-state index in [1.807, 2.05) is 24.3 Å². The Balaban J connectivity index is 1.53. The second kappa shape index (κ2) is 6.59. The maximum Gasteiger partial charge on any atom is 0.232 e. The van der Waals surface area contributed by atoms with Gasteiger partial charge in [0.15, 0.2) is 0 Å². The normalized spacial score (nSPS) is 16.9. The lowest BCUT2D eigenvalue weighted by molar-refractivity contribution is -0.117. The Morgan fingerprint density at radius 1 is 1.23 bits per heavy atom. The number of carbonyl (C=O) groups excluding carboxylic acids is 1. The summed E-state index contributed by atoms with van der Waals surface area (Å²) in [6, 6.07) is 13.3. The van der Waals surface area contributed by atoms with Crippen LogP contribution in [0.25, 0.3) is 11.4 Å². The topological polar surface area (TPSA) is 68.5 Å². The number of benzene rings is 2. The molecule has 4 rings (SSSR count). The van der Waals surface area contributed by atoms with Crippen LogP contribution in [0.1, 0.15) is 18.2 Å². The lowest BCUT2D eigenvalue weighted by atomic mass is 10.1. The van der Waals surface area contributed by atoms with Crippen molar-refractivity contribution >= 4 is 11.6 Å². The highest BCUT2D eigenvalue weighted by Crippen LogP contribution is 2.32. The molecule has 0 radical (unpaired) electrons. The minimum atomic E-state index is -0.365. The fourth-order valence-corrected chi connectivity index (χ4v) is 3.03. The predicted molar refractivity (Wildman–Crippen MR) is 92.4 cm³/mol. The zero-order chi connectivity index (χ0) is 18.1. The van der Waals surface area contributed by atoms with Crippen LogP contribution in [-0.4, -0.2) is 29.7 Å². The molecule has 1 aromatic heterocycles. The minimum Gasteiger partial charge on any atom is -0.497 e. The molecule has 6 nitrogen and oxygen atoms in total. The van der Waals surface area contributed by atoms with Crippen molar-refractivity contribution in [2.24, 2.45) is 0 Å². The molecule has 0 saturated carbocycles. The highest BCUT2D eigenvalue weighted by atomic mass is 19.1. The third-order valence-electron chi connectivity index (χ3n) is 4.38. The van der Waals surface area contributed by atoms with Crippen LogP contribution >= 0.6 is 0 Å². The van der Waals surface area contributed by atoms with E-state index in [9.17, 15) is 9.18 Å². The minimum absolute atomic E-state index is 0.00864. The van der Waals surface area contributed by atoms with Crippen molar-refractivity contribution in [1.29, 1.82) is 0 Å². The van der Waals surface area contributed by atoms with Gasteiger partial charge in [-0.1, -0.05) is 17.3 Å². The van der Waals surface area contributed by atoms with E-state index in [4.69, 9.17) is 9.26 Å². The molecule has 1 fully saturated rings. The monoisotopic (exact) mass is 353 g/mol. The Bertz CT molecular complexity index is 939. The molecule has 1 amide bonds. The first-order chi connectivity index (χ1) is 12.6. The van der Waals surface area contributed by atoms with Gasteiger partial charge in [-0.2, -0.15) is 4.98 Å². The molecule has 3 aromatic rings. The molecule has 2 aromatic carbocycles. The second-order valence-electron chi connectivity index (χ2n) is 6.07. The molecule has 7 heteroatoms. The predicted octanol–water partition coefficient (Wildman–Crippen LogP) is 3.40. The van der Waals surface area contributed by atoms with Gasteiger partial charge in [0.2, 0.25) is 17.6 Å². The Kier molecular flexibility index (Phi) is 4.12. The lowest BCUT2D eigenvalue weighted by Crippen LogP contribution is -2.24. The van der Waals surface area contributed by atoms with Crippen molar-refractivity contribution in [2.75, 3.05) is 18.6 Å². The number of amides is 1. The van der Waals surface area contributed by atoms with Gasteiger partial charge in [0.05, 0.1) is 13.0 Å². The zero-order valence-corrected chi connectivity index (χ0v) is 14.1. The van der Waals surface area contributed by atoms with Crippen LogP contribution in [0.2, 0.25) is 0 Å². The molecular weight excluding hydrogens is 337 g/mol. The van der Waals surface area contributed by atoms with E-state index >= 15 is 0 Å². The third-order valence-corrected chi connectivity index (χ3v) is 4.38. The van der Waals surface area contributed by atoms with Gasteiger partial charge in [0, 0.05) is 24.2 Å². The van der Waals surface area contributed by atoms with E-state index in [1.165, 1.54) is 12.1 Å². The fraction of sp³-hybridized carbons (Fsp3) is 0.211. The Morgan fingerprint density at radius 3 is 2.77 bits per heavy atom. The number of anilines is 1. The van der Waals surface area contributed by atoms with Gasteiger partial charge < -0.3 is 14.2 Å². The molecule has 0 bridgehead atoms. The number of aromatic nitrogens is 2. The zero-order valence-electron chi connectivity index (χ0n) is 14.1. The maximum atomic E-state index is 13.4. The van der Waals surface area contributed by atoms with Gasteiger partial charge in [0.25, 0.3) is 0 Å². The van der Waals surface area contributed by atoms with Gasteiger partial charge in [-0.3, -0.25) is 4.79 Å². The number of hydrogen-bond donors (Lipinski definition) is 0. The molecule has 0 aliphatic carbocycles. The average molecular weight is 353 g/mol. The molecule has 0 spiro atoms. The van der Waals surface area contributed by atoms with Gasteiger partial charge >= 0.3 is 0 Å². The summed E-state index contributed by atoms with van der Waals surface area (Å²) in [5.74, 6) is 0.859. The van der Waals surface area contributed by atoms with Crippen LogP contribution in [0.5, 0.6) is 5.75 Å². The quantitative estimate of drug-likeness (QED) is 0.719. The number of nitrogens with zero attached hydrogens (tertiary/aromatic N) is 3. The van der Waals surface area contributed by atoms with Crippen molar-refractivity contribution in [1.82, 2.24) is 10.1 Å². The first-order valence-corrected chi connectivity index (χ1v) is 8.18. The number of carbonyl (C=O) groups is 1. The van der Waals surface area contributed by atoms with Gasteiger partial charge in [-0.15, -0.1) is 0 Å². The van der Waals surface area contributed by atoms with Crippen LogP contribution < -0.4 is 9.64 Å². The molecule has 1 aliphatic rings. The Labute approximate surface area is 149 Å². The van der Waals surface area contributed by atoms with Crippen LogP contribution in [0.4, 0.5) is 10.1 Å². The Morgan fingerprint density at radius 2 is 2.04 bits per heavy atom. The summed E-state index contributed by atoms with van der Waals surface area (Å²) in [5.41, 5.74) is 1.33. The van der Waals surface area contributed by atoms with Gasteiger partial charge in [-0.05, 0) is 36.4 Å². The molecule has 26 heavy (non-hydrogen) atoms. The second-order valence-corrected chi connectivity index (χ2v) is 6.07. The largest absolute Gasteiger partial charge is 0.497 e. The van der Waals surface area contributed by atoms with E-state index in [0.717, 1.165) is 11.4 Å². The first kappa shape index (κ1) is 16.3. The summed E-state index contributed by atoms with van der Waals surface area (Å²) >= 11 is 0. The van der Waals surface area contributed by atoms with Crippen LogP contribution in [0, 0.1) is 5.82 Å². The lowest BCUT2D eigenvalue weighted by Gasteiger charge is -2.16. The van der Waals surface area contributed by atoms with E-state index in [1.54, 1.807) is 24.1 Å². The van der Waals surface area contributed by atoms with Crippen molar-refractivity contribution < 1.29 is 18.4 Å². The maximum absolute atomic E-state index is 13.4. The van der Waals surface area contributed by atoms with E-state index in [0.29, 0.717) is 23.8 Å². The Hall–Kier alpha value is -3.22. The van der Waals surface area contributed by atoms with E-state index < -0.39 is 0 Å². The van der Waals surface area contributed by atoms with Crippen molar-refractivity contribution in [3.8, 4) is 17.1 Å². The standard InChI is InChI=1S/C19H16FN3O3/c1-25-16-7-5-15(6-8-16)23-11-13(10-17(23)24)19-21-18(22-26-19)12-3-2-4-14(20)9-12/h2-9,13H,10-11H2,1H3. The smallest absolute Gasteiger partial charge is 0.232 e.